The Labute approximate surface area is 134 Å². The van der Waals surface area contributed by atoms with Gasteiger partial charge in [-0.3, -0.25) is 4.79 Å². The molecule has 1 aliphatic rings. The number of hydrogen-bond donors (Lipinski definition) is 2. The molecule has 2 rings (SSSR count). The van der Waals surface area contributed by atoms with Crippen LogP contribution >= 0.6 is 34.8 Å². The molecule has 0 radical (unpaired) electrons. The van der Waals surface area contributed by atoms with E-state index >= 15 is 0 Å². The Hall–Kier alpha value is -0.480. The Balaban J connectivity index is 1.68. The molecule has 20 heavy (non-hydrogen) atoms. The average molecular weight is 336 g/mol. The van der Waals surface area contributed by atoms with Gasteiger partial charge in [0.2, 0.25) is 5.91 Å². The van der Waals surface area contributed by atoms with Crippen LogP contribution in [-0.4, -0.2) is 18.5 Å². The zero-order valence-corrected chi connectivity index (χ0v) is 13.3. The lowest BCUT2D eigenvalue weighted by Crippen LogP contribution is -2.26. The zero-order chi connectivity index (χ0) is 14.5. The summed E-state index contributed by atoms with van der Waals surface area (Å²) in [6.45, 7) is 1.28. The number of rotatable bonds is 7. The largest absolute Gasteiger partial charge is 0.353 e. The van der Waals surface area contributed by atoms with Crippen molar-refractivity contribution >= 4 is 40.7 Å². The maximum Gasteiger partial charge on any atom is 0.220 e. The maximum absolute atomic E-state index is 11.5. The van der Waals surface area contributed by atoms with Gasteiger partial charge in [0.15, 0.2) is 0 Å². The Kier molecular flexibility index (Phi) is 5.97. The van der Waals surface area contributed by atoms with Crippen LogP contribution in [-0.2, 0) is 11.3 Å². The fourth-order valence-electron chi connectivity index (χ4n) is 1.85. The van der Waals surface area contributed by atoms with E-state index in [1.807, 2.05) is 0 Å². The zero-order valence-electron chi connectivity index (χ0n) is 11.0. The van der Waals surface area contributed by atoms with Crippen LogP contribution < -0.4 is 10.6 Å². The molecule has 0 aromatic heterocycles. The lowest BCUT2D eigenvalue weighted by atomic mass is 10.2. The van der Waals surface area contributed by atoms with Crippen LogP contribution in [0.25, 0.3) is 0 Å². The molecular formula is C14H17Cl3N2O. The molecule has 0 atom stereocenters. The summed E-state index contributed by atoms with van der Waals surface area (Å²) < 4.78 is 0. The highest BCUT2D eigenvalue weighted by atomic mass is 35.5. The smallest absolute Gasteiger partial charge is 0.220 e. The molecule has 0 heterocycles. The first kappa shape index (κ1) is 15.9. The summed E-state index contributed by atoms with van der Waals surface area (Å²) in [6.07, 6.45) is 3.57. The van der Waals surface area contributed by atoms with E-state index in [1.54, 1.807) is 12.1 Å². The highest BCUT2D eigenvalue weighted by molar-refractivity contribution is 6.44. The number of benzene rings is 1. The molecule has 0 aliphatic heterocycles. The molecule has 1 aromatic carbocycles. The van der Waals surface area contributed by atoms with Crippen molar-refractivity contribution in [2.75, 3.05) is 6.54 Å². The molecule has 1 amide bonds. The van der Waals surface area contributed by atoms with Gasteiger partial charge in [0.25, 0.3) is 0 Å². The molecule has 2 N–H and O–H groups in total. The Morgan fingerprint density at radius 1 is 1.20 bits per heavy atom. The fraction of sp³-hybridized carbons (Fsp3) is 0.500. The summed E-state index contributed by atoms with van der Waals surface area (Å²) in [5.41, 5.74) is 0.795. The van der Waals surface area contributed by atoms with Crippen molar-refractivity contribution in [1.29, 1.82) is 0 Å². The first-order valence-corrected chi connectivity index (χ1v) is 7.84. The third kappa shape index (κ3) is 4.81. The van der Waals surface area contributed by atoms with E-state index in [9.17, 15) is 4.79 Å². The minimum atomic E-state index is 0.133. The van der Waals surface area contributed by atoms with E-state index in [0.29, 0.717) is 34.1 Å². The van der Waals surface area contributed by atoms with Crippen molar-refractivity contribution in [1.82, 2.24) is 10.6 Å². The van der Waals surface area contributed by atoms with Crippen molar-refractivity contribution in [3.63, 3.8) is 0 Å². The lowest BCUT2D eigenvalue weighted by Gasteiger charge is -2.10. The van der Waals surface area contributed by atoms with E-state index in [0.717, 1.165) is 31.4 Å². The average Bonchev–Trinajstić information content (AvgIpc) is 3.21. The first-order chi connectivity index (χ1) is 9.58. The quantitative estimate of drug-likeness (QED) is 0.588. The molecule has 0 saturated heterocycles. The molecule has 1 aromatic rings. The number of hydrogen-bond acceptors (Lipinski definition) is 2. The van der Waals surface area contributed by atoms with Crippen LogP contribution in [0.2, 0.25) is 15.1 Å². The highest BCUT2D eigenvalue weighted by Crippen LogP contribution is 2.31. The van der Waals surface area contributed by atoms with E-state index in [2.05, 4.69) is 10.6 Å². The van der Waals surface area contributed by atoms with Crippen molar-refractivity contribution in [2.24, 2.45) is 0 Å². The van der Waals surface area contributed by atoms with E-state index in [-0.39, 0.29) is 5.91 Å². The normalized spacial score (nSPS) is 14.3. The van der Waals surface area contributed by atoms with E-state index in [1.165, 1.54) is 0 Å². The Morgan fingerprint density at radius 2 is 1.90 bits per heavy atom. The van der Waals surface area contributed by atoms with Crippen LogP contribution in [0.4, 0.5) is 0 Å². The minimum absolute atomic E-state index is 0.133. The van der Waals surface area contributed by atoms with Gasteiger partial charge < -0.3 is 10.6 Å². The van der Waals surface area contributed by atoms with Crippen molar-refractivity contribution in [3.05, 3.63) is 32.8 Å². The van der Waals surface area contributed by atoms with Crippen molar-refractivity contribution in [2.45, 2.75) is 38.3 Å². The summed E-state index contributed by atoms with van der Waals surface area (Å²) in [5, 5.41) is 7.77. The van der Waals surface area contributed by atoms with Crippen LogP contribution in [0.15, 0.2) is 12.1 Å². The number of halogens is 3. The van der Waals surface area contributed by atoms with Gasteiger partial charge in [-0.1, -0.05) is 34.8 Å². The molecule has 1 saturated carbocycles. The third-order valence-electron chi connectivity index (χ3n) is 3.14. The molecule has 0 spiro atoms. The summed E-state index contributed by atoms with van der Waals surface area (Å²) in [5.74, 6) is 0.133. The first-order valence-electron chi connectivity index (χ1n) is 6.70. The number of nitrogens with one attached hydrogen (secondary N) is 2. The molecule has 1 fully saturated rings. The number of amides is 1. The van der Waals surface area contributed by atoms with Crippen LogP contribution in [0, 0.1) is 0 Å². The van der Waals surface area contributed by atoms with Crippen molar-refractivity contribution < 1.29 is 4.79 Å². The van der Waals surface area contributed by atoms with Gasteiger partial charge in [-0.2, -0.15) is 0 Å². The summed E-state index contributed by atoms with van der Waals surface area (Å²) in [6, 6.07) is 3.84. The fourth-order valence-corrected chi connectivity index (χ4v) is 2.53. The predicted molar refractivity (Wildman–Crippen MR) is 83.6 cm³/mol. The topological polar surface area (TPSA) is 41.1 Å². The Bertz CT molecular complexity index is 490. The number of carbonyl (C=O) groups is 1. The molecule has 0 bridgehead atoms. The maximum atomic E-state index is 11.5. The molecule has 3 nitrogen and oxygen atoms in total. The van der Waals surface area contributed by atoms with Gasteiger partial charge in [0.05, 0.1) is 10.0 Å². The van der Waals surface area contributed by atoms with Gasteiger partial charge in [0, 0.05) is 29.6 Å². The Morgan fingerprint density at radius 3 is 2.60 bits per heavy atom. The molecule has 1 aliphatic carbocycles. The third-order valence-corrected chi connectivity index (χ3v) is 4.34. The summed E-state index contributed by atoms with van der Waals surface area (Å²) in [4.78, 5) is 11.5. The highest BCUT2D eigenvalue weighted by Gasteiger charge is 2.22. The number of carbonyl (C=O) groups excluding carboxylic acids is 1. The second kappa shape index (κ2) is 7.51. The molecule has 110 valence electrons. The van der Waals surface area contributed by atoms with E-state index in [4.69, 9.17) is 34.8 Å². The van der Waals surface area contributed by atoms with Crippen molar-refractivity contribution in [3.8, 4) is 0 Å². The van der Waals surface area contributed by atoms with Gasteiger partial charge in [0.1, 0.15) is 0 Å². The minimum Gasteiger partial charge on any atom is -0.353 e. The summed E-state index contributed by atoms with van der Waals surface area (Å²) in [7, 11) is 0. The van der Waals surface area contributed by atoms with E-state index < -0.39 is 0 Å². The van der Waals surface area contributed by atoms with Gasteiger partial charge in [-0.25, -0.2) is 0 Å². The second-order valence-electron chi connectivity index (χ2n) is 4.94. The molecular weight excluding hydrogens is 319 g/mol. The summed E-state index contributed by atoms with van der Waals surface area (Å²) >= 11 is 18.1. The van der Waals surface area contributed by atoms with Crippen LogP contribution in [0.3, 0.4) is 0 Å². The standard InChI is InChI=1S/C14H17Cl3N2O/c15-11-5-6-12(16)14(17)10(11)8-18-7-1-2-13(20)19-9-3-4-9/h5-6,9,18H,1-4,7-8H2,(H,19,20). The molecule has 6 heteroatoms. The lowest BCUT2D eigenvalue weighted by molar-refractivity contribution is -0.121. The van der Waals surface area contributed by atoms with Crippen LogP contribution in [0.1, 0.15) is 31.2 Å². The molecule has 0 unspecified atom stereocenters. The SMILES string of the molecule is O=C(CCCNCc1c(Cl)ccc(Cl)c1Cl)NC1CC1. The van der Waals surface area contributed by atoms with Gasteiger partial charge in [-0.15, -0.1) is 0 Å². The van der Waals surface area contributed by atoms with Gasteiger partial charge >= 0.3 is 0 Å². The van der Waals surface area contributed by atoms with Crippen LogP contribution in [0.5, 0.6) is 0 Å². The predicted octanol–water partition coefficient (Wildman–Crippen LogP) is 3.80. The monoisotopic (exact) mass is 334 g/mol. The van der Waals surface area contributed by atoms with Gasteiger partial charge in [-0.05, 0) is 37.9 Å². The second-order valence-corrected chi connectivity index (χ2v) is 6.14.